The van der Waals surface area contributed by atoms with Gasteiger partial charge in [-0.15, -0.1) is 10.2 Å². The van der Waals surface area contributed by atoms with Crippen molar-refractivity contribution < 1.29 is 8.42 Å². The average molecular weight is 423 g/mol. The molecule has 28 heavy (non-hydrogen) atoms. The average Bonchev–Trinajstić information content (AvgIpc) is 3.08. The Morgan fingerprint density at radius 1 is 1.14 bits per heavy atom. The van der Waals surface area contributed by atoms with E-state index in [0.717, 1.165) is 22.4 Å². The minimum Gasteiger partial charge on any atom is -0.305 e. The van der Waals surface area contributed by atoms with E-state index in [0.29, 0.717) is 23.8 Å². The molecule has 1 saturated carbocycles. The fourth-order valence-corrected chi connectivity index (χ4v) is 6.35. The highest BCUT2D eigenvalue weighted by molar-refractivity contribution is 7.99. The largest absolute Gasteiger partial charge is 0.305 e. The summed E-state index contributed by atoms with van der Waals surface area (Å²) in [6.45, 7) is 4.61. The molecule has 0 radical (unpaired) electrons. The first-order valence-corrected chi connectivity index (χ1v) is 12.5. The van der Waals surface area contributed by atoms with Gasteiger partial charge >= 0.3 is 0 Å². The van der Waals surface area contributed by atoms with Crippen LogP contribution in [-0.2, 0) is 17.1 Å². The summed E-state index contributed by atoms with van der Waals surface area (Å²) >= 11 is 1.75. The SMILES string of the molecule is CCN(CC)S(=O)(=O)c1cccc(-c2nnc(SCC3CCCCC3)n2C)c1. The molecule has 1 heterocycles. The van der Waals surface area contributed by atoms with Gasteiger partial charge in [-0.2, -0.15) is 4.31 Å². The van der Waals surface area contributed by atoms with Crippen LogP contribution in [0.25, 0.3) is 11.4 Å². The summed E-state index contributed by atoms with van der Waals surface area (Å²) in [6, 6.07) is 7.01. The molecule has 0 spiro atoms. The second-order valence-corrected chi connectivity index (χ2v) is 10.2. The minimum absolute atomic E-state index is 0.299. The third-order valence-electron chi connectivity index (χ3n) is 5.44. The van der Waals surface area contributed by atoms with Crippen LogP contribution in [0.3, 0.4) is 0 Å². The van der Waals surface area contributed by atoms with Gasteiger partial charge in [-0.3, -0.25) is 0 Å². The fraction of sp³-hybridized carbons (Fsp3) is 0.600. The molecule has 0 unspecified atom stereocenters. The Hall–Kier alpha value is -1.38. The van der Waals surface area contributed by atoms with Gasteiger partial charge in [0, 0.05) is 31.5 Å². The summed E-state index contributed by atoms with van der Waals surface area (Å²) in [4.78, 5) is 0.299. The molecule has 1 aromatic carbocycles. The van der Waals surface area contributed by atoms with Crippen molar-refractivity contribution >= 4 is 21.8 Å². The molecule has 3 rings (SSSR count). The van der Waals surface area contributed by atoms with E-state index < -0.39 is 10.0 Å². The summed E-state index contributed by atoms with van der Waals surface area (Å²) < 4.78 is 29.1. The Balaban J connectivity index is 1.80. The van der Waals surface area contributed by atoms with Gasteiger partial charge in [0.1, 0.15) is 0 Å². The Kier molecular flexibility index (Phi) is 7.17. The van der Waals surface area contributed by atoms with Gasteiger partial charge in [0.2, 0.25) is 10.0 Å². The molecule has 0 aliphatic heterocycles. The van der Waals surface area contributed by atoms with E-state index in [4.69, 9.17) is 0 Å². The summed E-state index contributed by atoms with van der Waals surface area (Å²) in [5, 5.41) is 9.58. The maximum absolute atomic E-state index is 12.8. The first-order valence-electron chi connectivity index (χ1n) is 10.1. The van der Waals surface area contributed by atoms with E-state index in [1.807, 2.05) is 31.5 Å². The lowest BCUT2D eigenvalue weighted by molar-refractivity contribution is 0.390. The third kappa shape index (κ3) is 4.60. The number of hydrogen-bond donors (Lipinski definition) is 0. The zero-order chi connectivity index (χ0) is 20.1. The van der Waals surface area contributed by atoms with Crippen LogP contribution in [0.15, 0.2) is 34.3 Å². The lowest BCUT2D eigenvalue weighted by Crippen LogP contribution is -2.30. The number of sulfonamides is 1. The van der Waals surface area contributed by atoms with Crippen LogP contribution < -0.4 is 0 Å². The Bertz CT molecular complexity index is 885. The quantitative estimate of drug-likeness (QED) is 0.597. The molecule has 1 aromatic heterocycles. The smallest absolute Gasteiger partial charge is 0.243 e. The molecule has 2 aromatic rings. The summed E-state index contributed by atoms with van der Waals surface area (Å²) in [7, 11) is -1.54. The number of hydrogen-bond acceptors (Lipinski definition) is 5. The normalized spacial score (nSPS) is 16.0. The molecule has 0 atom stereocenters. The van der Waals surface area contributed by atoms with Crippen LogP contribution in [0, 0.1) is 5.92 Å². The maximum Gasteiger partial charge on any atom is 0.243 e. The van der Waals surface area contributed by atoms with Gasteiger partial charge in [-0.05, 0) is 30.9 Å². The molecule has 1 aliphatic carbocycles. The van der Waals surface area contributed by atoms with Crippen molar-refractivity contribution in [3.63, 3.8) is 0 Å². The minimum atomic E-state index is -3.49. The molecule has 1 aliphatic rings. The standard InChI is InChI=1S/C20H30N4O2S2/c1-4-24(5-2)28(25,26)18-13-9-12-17(14-18)19-21-22-20(23(19)3)27-15-16-10-7-6-8-11-16/h9,12-14,16H,4-8,10-11,15H2,1-3H3. The van der Waals surface area contributed by atoms with Crippen molar-refractivity contribution in [1.82, 2.24) is 19.1 Å². The first-order chi connectivity index (χ1) is 13.5. The maximum atomic E-state index is 12.8. The van der Waals surface area contributed by atoms with Gasteiger partial charge in [-0.1, -0.05) is 57.0 Å². The topological polar surface area (TPSA) is 68.1 Å². The number of rotatable bonds is 8. The molecule has 6 nitrogen and oxygen atoms in total. The van der Waals surface area contributed by atoms with Crippen molar-refractivity contribution in [3.8, 4) is 11.4 Å². The lowest BCUT2D eigenvalue weighted by Gasteiger charge is -2.20. The van der Waals surface area contributed by atoms with Crippen molar-refractivity contribution in [2.24, 2.45) is 13.0 Å². The number of thioether (sulfide) groups is 1. The predicted octanol–water partition coefficient (Wildman–Crippen LogP) is 4.19. The Labute approximate surface area is 172 Å². The Morgan fingerprint density at radius 3 is 2.54 bits per heavy atom. The third-order valence-corrected chi connectivity index (χ3v) is 8.74. The molecule has 154 valence electrons. The highest BCUT2D eigenvalue weighted by Crippen LogP contribution is 2.31. The van der Waals surface area contributed by atoms with E-state index in [1.165, 1.54) is 36.4 Å². The van der Waals surface area contributed by atoms with Crippen LogP contribution in [-0.4, -0.2) is 46.3 Å². The van der Waals surface area contributed by atoms with E-state index in [1.54, 1.807) is 30.0 Å². The van der Waals surface area contributed by atoms with Crippen molar-refractivity contribution in [2.45, 2.75) is 56.0 Å². The second kappa shape index (κ2) is 9.41. The molecule has 0 N–H and O–H groups in total. The Morgan fingerprint density at radius 2 is 1.86 bits per heavy atom. The fourth-order valence-electron chi connectivity index (χ4n) is 3.75. The van der Waals surface area contributed by atoms with Crippen molar-refractivity contribution in [2.75, 3.05) is 18.8 Å². The highest BCUT2D eigenvalue weighted by atomic mass is 32.2. The second-order valence-electron chi connectivity index (χ2n) is 7.30. The van der Waals surface area contributed by atoms with Crippen LogP contribution in [0.1, 0.15) is 46.0 Å². The molecular weight excluding hydrogens is 392 g/mol. The lowest BCUT2D eigenvalue weighted by atomic mass is 9.91. The van der Waals surface area contributed by atoms with Gasteiger partial charge in [0.25, 0.3) is 0 Å². The molecule has 8 heteroatoms. The molecule has 0 amide bonds. The van der Waals surface area contributed by atoms with Crippen LogP contribution in [0.5, 0.6) is 0 Å². The number of benzene rings is 1. The van der Waals surface area contributed by atoms with Crippen LogP contribution in [0.4, 0.5) is 0 Å². The molecule has 0 bridgehead atoms. The number of nitrogens with zero attached hydrogens (tertiary/aromatic N) is 4. The van der Waals surface area contributed by atoms with Crippen LogP contribution in [0.2, 0.25) is 0 Å². The summed E-state index contributed by atoms with van der Waals surface area (Å²) in [6.07, 6.45) is 6.65. The monoisotopic (exact) mass is 422 g/mol. The highest BCUT2D eigenvalue weighted by Gasteiger charge is 2.23. The van der Waals surface area contributed by atoms with E-state index in [2.05, 4.69) is 10.2 Å². The molecular formula is C20H30N4O2S2. The van der Waals surface area contributed by atoms with E-state index in [9.17, 15) is 8.42 Å². The van der Waals surface area contributed by atoms with Crippen molar-refractivity contribution in [1.29, 1.82) is 0 Å². The number of aromatic nitrogens is 3. The van der Waals surface area contributed by atoms with Gasteiger partial charge in [-0.25, -0.2) is 8.42 Å². The van der Waals surface area contributed by atoms with Gasteiger partial charge in [0.15, 0.2) is 11.0 Å². The summed E-state index contributed by atoms with van der Waals surface area (Å²) in [5.41, 5.74) is 0.771. The summed E-state index contributed by atoms with van der Waals surface area (Å²) in [5.74, 6) is 2.53. The van der Waals surface area contributed by atoms with E-state index >= 15 is 0 Å². The zero-order valence-electron chi connectivity index (χ0n) is 17.0. The van der Waals surface area contributed by atoms with Crippen LogP contribution >= 0.6 is 11.8 Å². The molecule has 0 saturated heterocycles. The van der Waals surface area contributed by atoms with Gasteiger partial charge in [0.05, 0.1) is 4.90 Å². The van der Waals surface area contributed by atoms with Gasteiger partial charge < -0.3 is 4.57 Å². The van der Waals surface area contributed by atoms with Crippen molar-refractivity contribution in [3.05, 3.63) is 24.3 Å². The molecule has 1 fully saturated rings. The predicted molar refractivity (Wildman–Crippen MR) is 114 cm³/mol. The first kappa shape index (κ1) is 21.3. The van der Waals surface area contributed by atoms with E-state index in [-0.39, 0.29) is 0 Å². The zero-order valence-corrected chi connectivity index (χ0v) is 18.6.